The van der Waals surface area contributed by atoms with E-state index in [1.165, 1.54) is 18.6 Å². The molecule has 0 amide bonds. The van der Waals surface area contributed by atoms with Gasteiger partial charge in [0.05, 0.1) is 0 Å². The van der Waals surface area contributed by atoms with Gasteiger partial charge in [0, 0.05) is 24.3 Å². The minimum Gasteiger partial charge on any atom is -0.389 e. The standard InChI is InChI=1S/C14H19FN2S/c1-9(2)10-5-6-17(8-10)13-4-3-11(15)7-12(13)14(16)18/h3-4,7,9-10H,5-6,8H2,1-2H3,(H2,16,18). The number of halogens is 1. The molecule has 0 saturated carbocycles. The summed E-state index contributed by atoms with van der Waals surface area (Å²) in [5.74, 6) is 1.07. The first-order valence-electron chi connectivity index (χ1n) is 6.33. The van der Waals surface area contributed by atoms with Crippen LogP contribution in [-0.4, -0.2) is 18.1 Å². The van der Waals surface area contributed by atoms with Crippen molar-refractivity contribution < 1.29 is 4.39 Å². The lowest BCUT2D eigenvalue weighted by molar-refractivity contribution is 0.423. The Morgan fingerprint density at radius 3 is 2.78 bits per heavy atom. The molecular formula is C14H19FN2S. The molecule has 1 atom stereocenters. The van der Waals surface area contributed by atoms with Crippen molar-refractivity contribution >= 4 is 22.9 Å². The van der Waals surface area contributed by atoms with Crippen molar-refractivity contribution in [1.29, 1.82) is 0 Å². The third-order valence-electron chi connectivity index (χ3n) is 3.73. The maximum Gasteiger partial charge on any atom is 0.124 e. The Morgan fingerprint density at radius 2 is 2.22 bits per heavy atom. The van der Waals surface area contributed by atoms with E-state index < -0.39 is 0 Å². The van der Waals surface area contributed by atoms with Crippen LogP contribution in [0.4, 0.5) is 10.1 Å². The van der Waals surface area contributed by atoms with Crippen LogP contribution in [0.25, 0.3) is 0 Å². The van der Waals surface area contributed by atoms with Crippen LogP contribution < -0.4 is 10.6 Å². The van der Waals surface area contributed by atoms with Crippen LogP contribution in [0, 0.1) is 17.7 Å². The molecule has 1 fully saturated rings. The highest BCUT2D eigenvalue weighted by atomic mass is 32.1. The first kappa shape index (κ1) is 13.3. The summed E-state index contributed by atoms with van der Waals surface area (Å²) < 4.78 is 13.3. The summed E-state index contributed by atoms with van der Waals surface area (Å²) >= 11 is 5.01. The molecule has 1 aliphatic heterocycles. The van der Waals surface area contributed by atoms with E-state index in [4.69, 9.17) is 18.0 Å². The normalized spacial score (nSPS) is 19.6. The highest BCUT2D eigenvalue weighted by Gasteiger charge is 2.26. The Morgan fingerprint density at radius 1 is 1.50 bits per heavy atom. The molecule has 0 bridgehead atoms. The zero-order valence-corrected chi connectivity index (χ0v) is 11.6. The summed E-state index contributed by atoms with van der Waals surface area (Å²) in [6.07, 6.45) is 1.17. The second-order valence-electron chi connectivity index (χ2n) is 5.26. The minimum atomic E-state index is -0.291. The van der Waals surface area contributed by atoms with E-state index >= 15 is 0 Å². The van der Waals surface area contributed by atoms with E-state index in [0.717, 1.165) is 18.8 Å². The molecule has 2 rings (SSSR count). The number of nitrogens with zero attached hydrogens (tertiary/aromatic N) is 1. The van der Waals surface area contributed by atoms with E-state index in [1.54, 1.807) is 6.07 Å². The minimum absolute atomic E-state index is 0.262. The molecule has 1 aromatic rings. The van der Waals surface area contributed by atoms with Gasteiger partial charge in [0.25, 0.3) is 0 Å². The lowest BCUT2D eigenvalue weighted by Gasteiger charge is -2.22. The van der Waals surface area contributed by atoms with Crippen LogP contribution in [0.1, 0.15) is 25.8 Å². The van der Waals surface area contributed by atoms with Gasteiger partial charge in [-0.2, -0.15) is 0 Å². The van der Waals surface area contributed by atoms with Crippen molar-refractivity contribution in [2.24, 2.45) is 17.6 Å². The van der Waals surface area contributed by atoms with Gasteiger partial charge in [-0.05, 0) is 36.5 Å². The molecule has 1 aliphatic rings. The Bertz CT molecular complexity index is 459. The van der Waals surface area contributed by atoms with Crippen molar-refractivity contribution in [2.45, 2.75) is 20.3 Å². The molecule has 0 aliphatic carbocycles. The van der Waals surface area contributed by atoms with Crippen LogP contribution in [0.3, 0.4) is 0 Å². The number of hydrogen-bond acceptors (Lipinski definition) is 2. The van der Waals surface area contributed by atoms with E-state index in [0.29, 0.717) is 17.4 Å². The van der Waals surface area contributed by atoms with E-state index in [2.05, 4.69) is 18.7 Å². The third kappa shape index (κ3) is 2.64. The largest absolute Gasteiger partial charge is 0.389 e. The molecule has 1 heterocycles. The molecule has 1 unspecified atom stereocenters. The van der Waals surface area contributed by atoms with Crippen LogP contribution >= 0.6 is 12.2 Å². The topological polar surface area (TPSA) is 29.3 Å². The van der Waals surface area contributed by atoms with E-state index in [-0.39, 0.29) is 10.8 Å². The monoisotopic (exact) mass is 266 g/mol. The molecular weight excluding hydrogens is 247 g/mol. The average Bonchev–Trinajstić information content (AvgIpc) is 2.78. The quantitative estimate of drug-likeness (QED) is 0.853. The molecule has 0 aromatic heterocycles. The number of anilines is 1. The number of thiocarbonyl (C=S) groups is 1. The molecule has 18 heavy (non-hydrogen) atoms. The highest BCUT2D eigenvalue weighted by Crippen LogP contribution is 2.30. The number of benzene rings is 1. The number of hydrogen-bond donors (Lipinski definition) is 1. The Labute approximate surface area is 113 Å². The van der Waals surface area contributed by atoms with Crippen LogP contribution in [0.2, 0.25) is 0 Å². The zero-order valence-electron chi connectivity index (χ0n) is 10.8. The predicted octanol–water partition coefficient (Wildman–Crippen LogP) is 2.94. The highest BCUT2D eigenvalue weighted by molar-refractivity contribution is 7.80. The van der Waals surface area contributed by atoms with Crippen molar-refractivity contribution in [3.05, 3.63) is 29.6 Å². The van der Waals surface area contributed by atoms with Gasteiger partial charge in [0.2, 0.25) is 0 Å². The maximum atomic E-state index is 13.3. The summed E-state index contributed by atoms with van der Waals surface area (Å²) in [4.78, 5) is 2.52. The lowest BCUT2D eigenvalue weighted by Crippen LogP contribution is -2.24. The lowest BCUT2D eigenvalue weighted by atomic mass is 9.95. The molecule has 2 N–H and O–H groups in total. The van der Waals surface area contributed by atoms with Gasteiger partial charge in [-0.25, -0.2) is 4.39 Å². The fourth-order valence-electron chi connectivity index (χ4n) is 2.53. The van der Waals surface area contributed by atoms with Gasteiger partial charge < -0.3 is 10.6 Å². The van der Waals surface area contributed by atoms with E-state index in [9.17, 15) is 4.39 Å². The van der Waals surface area contributed by atoms with Gasteiger partial charge in [-0.15, -0.1) is 0 Å². The molecule has 4 heteroatoms. The summed E-state index contributed by atoms with van der Waals surface area (Å²) in [7, 11) is 0. The Balaban J connectivity index is 2.27. The third-order valence-corrected chi connectivity index (χ3v) is 3.95. The molecule has 1 saturated heterocycles. The van der Waals surface area contributed by atoms with Gasteiger partial charge in [0.1, 0.15) is 10.8 Å². The zero-order chi connectivity index (χ0) is 13.3. The molecule has 1 aromatic carbocycles. The van der Waals surface area contributed by atoms with Crippen LogP contribution in [0.5, 0.6) is 0 Å². The van der Waals surface area contributed by atoms with E-state index in [1.807, 2.05) is 0 Å². The molecule has 0 radical (unpaired) electrons. The second-order valence-corrected chi connectivity index (χ2v) is 5.70. The Hall–Kier alpha value is -1.16. The Kier molecular flexibility index (Phi) is 3.85. The number of nitrogens with two attached hydrogens (primary N) is 1. The fourth-order valence-corrected chi connectivity index (χ4v) is 2.70. The summed E-state index contributed by atoms with van der Waals surface area (Å²) in [5.41, 5.74) is 7.30. The van der Waals surface area contributed by atoms with Gasteiger partial charge in [-0.3, -0.25) is 0 Å². The smallest absolute Gasteiger partial charge is 0.124 e. The van der Waals surface area contributed by atoms with Crippen molar-refractivity contribution in [1.82, 2.24) is 0 Å². The molecule has 0 spiro atoms. The fraction of sp³-hybridized carbons (Fsp3) is 0.500. The maximum absolute atomic E-state index is 13.3. The average molecular weight is 266 g/mol. The summed E-state index contributed by atoms with van der Waals surface area (Å²) in [6.45, 7) is 6.48. The first-order valence-corrected chi connectivity index (χ1v) is 6.74. The SMILES string of the molecule is CC(C)C1CCN(c2ccc(F)cc2C(N)=S)C1. The van der Waals surface area contributed by atoms with Crippen molar-refractivity contribution in [3.63, 3.8) is 0 Å². The van der Waals surface area contributed by atoms with Crippen molar-refractivity contribution in [2.75, 3.05) is 18.0 Å². The molecule has 98 valence electrons. The van der Waals surface area contributed by atoms with Crippen LogP contribution in [0.15, 0.2) is 18.2 Å². The predicted molar refractivity (Wildman–Crippen MR) is 77.4 cm³/mol. The van der Waals surface area contributed by atoms with Gasteiger partial charge in [-0.1, -0.05) is 26.1 Å². The van der Waals surface area contributed by atoms with Gasteiger partial charge >= 0.3 is 0 Å². The van der Waals surface area contributed by atoms with Gasteiger partial charge in [0.15, 0.2) is 0 Å². The van der Waals surface area contributed by atoms with Crippen LogP contribution in [-0.2, 0) is 0 Å². The first-order chi connectivity index (χ1) is 8.49. The number of rotatable bonds is 3. The second kappa shape index (κ2) is 5.22. The molecule has 2 nitrogen and oxygen atoms in total. The summed E-state index contributed by atoms with van der Waals surface area (Å²) in [6, 6.07) is 4.69. The summed E-state index contributed by atoms with van der Waals surface area (Å²) in [5, 5.41) is 0. The van der Waals surface area contributed by atoms with Crippen molar-refractivity contribution in [3.8, 4) is 0 Å².